The summed E-state index contributed by atoms with van der Waals surface area (Å²) in [4.78, 5) is 0. The van der Waals surface area contributed by atoms with E-state index in [1.807, 2.05) is 13.0 Å². The van der Waals surface area contributed by atoms with E-state index in [9.17, 15) is 0 Å². The monoisotopic (exact) mass is 160 g/mol. The fraction of sp³-hybridized carbons (Fsp3) is 0.273. The Morgan fingerprint density at radius 2 is 2.17 bits per heavy atom. The normalized spacial score (nSPS) is 20.5. The molecule has 0 fully saturated rings. The number of benzene rings is 1. The predicted octanol–water partition coefficient (Wildman–Crippen LogP) is 2.79. The van der Waals surface area contributed by atoms with Gasteiger partial charge in [-0.3, -0.25) is 0 Å². The molecule has 1 aliphatic rings. The van der Waals surface area contributed by atoms with E-state index in [1.165, 1.54) is 11.1 Å². The second kappa shape index (κ2) is 2.37. The molecule has 2 rings (SSSR count). The van der Waals surface area contributed by atoms with Crippen LogP contribution in [-0.4, -0.2) is 6.10 Å². The summed E-state index contributed by atoms with van der Waals surface area (Å²) in [5.41, 5.74) is 3.52. The summed E-state index contributed by atoms with van der Waals surface area (Å²) in [6.45, 7) is 8.10. The van der Waals surface area contributed by atoms with Gasteiger partial charge in [-0.15, -0.1) is 0 Å². The molecule has 0 amide bonds. The van der Waals surface area contributed by atoms with Crippen LogP contribution in [0.3, 0.4) is 0 Å². The van der Waals surface area contributed by atoms with E-state index < -0.39 is 0 Å². The number of fused-ring (bicyclic) bond motifs is 1. The summed E-state index contributed by atoms with van der Waals surface area (Å²) in [5.74, 6) is 0.970. The zero-order valence-electron chi connectivity index (χ0n) is 7.42. The Kier molecular flexibility index (Phi) is 1.47. The van der Waals surface area contributed by atoms with E-state index >= 15 is 0 Å². The van der Waals surface area contributed by atoms with Gasteiger partial charge in [0.05, 0.1) is 0 Å². The summed E-state index contributed by atoms with van der Waals surface area (Å²) in [6.07, 6.45) is 0.141. The molecule has 1 aliphatic heterocycles. The fourth-order valence-electron chi connectivity index (χ4n) is 1.48. The Morgan fingerprint density at radius 3 is 2.92 bits per heavy atom. The molecule has 0 saturated carbocycles. The molecule has 1 aromatic carbocycles. The molecule has 0 aromatic heterocycles. The van der Waals surface area contributed by atoms with Crippen LogP contribution >= 0.6 is 0 Å². The third kappa shape index (κ3) is 0.934. The van der Waals surface area contributed by atoms with Gasteiger partial charge >= 0.3 is 0 Å². The zero-order valence-corrected chi connectivity index (χ0v) is 7.42. The summed E-state index contributed by atoms with van der Waals surface area (Å²) in [6, 6.07) is 6.20. The van der Waals surface area contributed by atoms with Crippen molar-refractivity contribution in [2.24, 2.45) is 0 Å². The van der Waals surface area contributed by atoms with Gasteiger partial charge in [-0.25, -0.2) is 0 Å². The average Bonchev–Trinajstić information content (AvgIpc) is 2.31. The third-order valence-corrected chi connectivity index (χ3v) is 2.28. The molecule has 1 heteroatoms. The van der Waals surface area contributed by atoms with Gasteiger partial charge in [0.1, 0.15) is 11.9 Å². The van der Waals surface area contributed by atoms with Crippen molar-refractivity contribution in [2.45, 2.75) is 20.0 Å². The quantitative estimate of drug-likeness (QED) is 0.567. The lowest BCUT2D eigenvalue weighted by atomic mass is 10.0. The Labute approximate surface area is 72.7 Å². The van der Waals surface area contributed by atoms with Crippen LogP contribution in [0.15, 0.2) is 24.8 Å². The van der Waals surface area contributed by atoms with Crippen LogP contribution in [-0.2, 0) is 0 Å². The van der Waals surface area contributed by atoms with Gasteiger partial charge in [0.25, 0.3) is 0 Å². The van der Waals surface area contributed by atoms with Gasteiger partial charge < -0.3 is 4.74 Å². The predicted molar refractivity (Wildman–Crippen MR) is 50.3 cm³/mol. The smallest absolute Gasteiger partial charge is 0.127 e. The largest absolute Gasteiger partial charge is 0.485 e. The minimum atomic E-state index is 0.141. The molecule has 0 bridgehead atoms. The SMILES string of the molecule is C=C1c2cc(C)ccc2OC1C. The number of aryl methyl sites for hydroxylation is 1. The first-order valence-electron chi connectivity index (χ1n) is 4.15. The molecule has 0 aliphatic carbocycles. The highest BCUT2D eigenvalue weighted by Gasteiger charge is 2.22. The first-order chi connectivity index (χ1) is 5.68. The molecule has 0 N–H and O–H groups in total. The Morgan fingerprint density at radius 1 is 1.42 bits per heavy atom. The van der Waals surface area contributed by atoms with Crippen LogP contribution in [0.1, 0.15) is 18.1 Å². The lowest BCUT2D eigenvalue weighted by Gasteiger charge is -2.01. The van der Waals surface area contributed by atoms with Crippen LogP contribution in [0.25, 0.3) is 5.57 Å². The average molecular weight is 160 g/mol. The van der Waals surface area contributed by atoms with Crippen molar-refractivity contribution >= 4 is 5.57 Å². The standard InChI is InChI=1S/C11H12O/c1-7-4-5-11-10(6-7)8(2)9(3)12-11/h4-6,9H,2H2,1,3H3. The lowest BCUT2D eigenvalue weighted by Crippen LogP contribution is -2.03. The van der Waals surface area contributed by atoms with Crippen LogP contribution in [0.5, 0.6) is 5.75 Å². The van der Waals surface area contributed by atoms with Crippen molar-refractivity contribution in [3.8, 4) is 5.75 Å². The Hall–Kier alpha value is -1.24. The van der Waals surface area contributed by atoms with Gasteiger partial charge in [0.15, 0.2) is 0 Å². The topological polar surface area (TPSA) is 9.23 Å². The summed E-state index contributed by atoms with van der Waals surface area (Å²) >= 11 is 0. The first-order valence-corrected chi connectivity index (χ1v) is 4.15. The second-order valence-corrected chi connectivity index (χ2v) is 3.28. The second-order valence-electron chi connectivity index (χ2n) is 3.28. The highest BCUT2D eigenvalue weighted by atomic mass is 16.5. The third-order valence-electron chi connectivity index (χ3n) is 2.28. The number of hydrogen-bond donors (Lipinski definition) is 0. The van der Waals surface area contributed by atoms with Crippen LogP contribution < -0.4 is 4.74 Å². The zero-order chi connectivity index (χ0) is 8.72. The molecule has 0 radical (unpaired) electrons. The molecule has 1 atom stereocenters. The van der Waals surface area contributed by atoms with Crippen molar-refractivity contribution in [2.75, 3.05) is 0 Å². The van der Waals surface area contributed by atoms with E-state index in [1.54, 1.807) is 0 Å². The maximum absolute atomic E-state index is 5.57. The molecule has 1 aromatic rings. The molecule has 62 valence electrons. The van der Waals surface area contributed by atoms with Gasteiger partial charge in [0.2, 0.25) is 0 Å². The fourth-order valence-corrected chi connectivity index (χ4v) is 1.48. The van der Waals surface area contributed by atoms with Gasteiger partial charge in [-0.2, -0.15) is 0 Å². The lowest BCUT2D eigenvalue weighted by molar-refractivity contribution is 0.297. The van der Waals surface area contributed by atoms with Gasteiger partial charge in [0, 0.05) is 5.56 Å². The molecule has 12 heavy (non-hydrogen) atoms. The molecule has 1 heterocycles. The summed E-state index contributed by atoms with van der Waals surface area (Å²) < 4.78 is 5.57. The molecular weight excluding hydrogens is 148 g/mol. The van der Waals surface area contributed by atoms with Crippen LogP contribution in [0.4, 0.5) is 0 Å². The highest BCUT2D eigenvalue weighted by Crippen LogP contribution is 2.36. The summed E-state index contributed by atoms with van der Waals surface area (Å²) in [7, 11) is 0. The Bertz CT molecular complexity index is 339. The van der Waals surface area contributed by atoms with E-state index in [4.69, 9.17) is 4.74 Å². The van der Waals surface area contributed by atoms with E-state index in [-0.39, 0.29) is 6.10 Å². The van der Waals surface area contributed by atoms with E-state index in [0.717, 1.165) is 11.3 Å². The van der Waals surface area contributed by atoms with Crippen LogP contribution in [0, 0.1) is 6.92 Å². The van der Waals surface area contributed by atoms with Crippen molar-refractivity contribution in [3.05, 3.63) is 35.9 Å². The first kappa shape index (κ1) is 7.41. The summed E-state index contributed by atoms with van der Waals surface area (Å²) in [5, 5.41) is 0. The maximum atomic E-state index is 5.57. The van der Waals surface area contributed by atoms with E-state index in [0.29, 0.717) is 0 Å². The molecular formula is C11H12O. The van der Waals surface area contributed by atoms with Crippen molar-refractivity contribution in [3.63, 3.8) is 0 Å². The molecule has 0 spiro atoms. The number of rotatable bonds is 0. The van der Waals surface area contributed by atoms with Crippen molar-refractivity contribution in [1.29, 1.82) is 0 Å². The minimum absolute atomic E-state index is 0.141. The van der Waals surface area contributed by atoms with Crippen molar-refractivity contribution in [1.82, 2.24) is 0 Å². The molecule has 1 nitrogen and oxygen atoms in total. The van der Waals surface area contributed by atoms with E-state index in [2.05, 4.69) is 25.6 Å². The van der Waals surface area contributed by atoms with Crippen LogP contribution in [0.2, 0.25) is 0 Å². The van der Waals surface area contributed by atoms with Gasteiger partial charge in [-0.05, 0) is 31.6 Å². The number of hydrogen-bond acceptors (Lipinski definition) is 1. The minimum Gasteiger partial charge on any atom is -0.485 e. The van der Waals surface area contributed by atoms with Crippen molar-refractivity contribution < 1.29 is 4.74 Å². The Balaban J connectivity index is 2.56. The molecule has 1 unspecified atom stereocenters. The molecule has 0 saturated heterocycles. The number of ether oxygens (including phenoxy) is 1. The maximum Gasteiger partial charge on any atom is 0.127 e. The van der Waals surface area contributed by atoms with Gasteiger partial charge in [-0.1, -0.05) is 18.2 Å². The highest BCUT2D eigenvalue weighted by molar-refractivity contribution is 5.75.